The summed E-state index contributed by atoms with van der Waals surface area (Å²) in [7, 11) is -3.35. The molecule has 0 aromatic carbocycles. The van der Waals surface area contributed by atoms with Crippen LogP contribution in [0.25, 0.3) is 0 Å². The summed E-state index contributed by atoms with van der Waals surface area (Å²) in [6.45, 7) is 28.5. The zero-order valence-corrected chi connectivity index (χ0v) is 23.2. The number of rotatable bonds is 18. The molecule has 0 saturated carbocycles. The molecule has 0 aromatic heterocycles. The van der Waals surface area contributed by atoms with Crippen LogP contribution in [0.5, 0.6) is 0 Å². The number of hydrogen-bond donors (Lipinski definition) is 0. The molecular weight excluding hydrogens is 374 g/mol. The minimum atomic E-state index is -1.68. The molecule has 0 heterocycles. The van der Waals surface area contributed by atoms with E-state index in [1.165, 1.54) is 89.0 Å². The molecule has 0 aliphatic carbocycles. The van der Waals surface area contributed by atoms with Gasteiger partial charge in [-0.3, -0.25) is 0 Å². The van der Waals surface area contributed by atoms with Crippen LogP contribution in [-0.4, -0.2) is 62.9 Å². The first-order chi connectivity index (χ1) is 13.5. The van der Waals surface area contributed by atoms with Gasteiger partial charge in [-0.1, -0.05) is 62.3 Å². The van der Waals surface area contributed by atoms with Crippen molar-refractivity contribution in [1.82, 2.24) is 13.4 Å². The molecule has 3 nitrogen and oxygen atoms in total. The lowest BCUT2D eigenvalue weighted by atomic mass is 10.4. The summed E-state index contributed by atoms with van der Waals surface area (Å²) >= 11 is 0. The predicted molar refractivity (Wildman–Crippen MR) is 135 cm³/mol. The van der Waals surface area contributed by atoms with Crippen molar-refractivity contribution in [1.29, 1.82) is 0 Å². The fourth-order valence-corrected chi connectivity index (χ4v) is 20.3. The molecule has 170 valence electrons. The predicted octanol–water partition coefficient (Wildman–Crippen LogP) is 6.91. The molecule has 0 unspecified atom stereocenters. The fourth-order valence-electron chi connectivity index (χ4n) is 5.66. The van der Waals surface area contributed by atoms with Gasteiger partial charge in [0.05, 0.1) is 0 Å². The van der Waals surface area contributed by atoms with Crippen LogP contribution in [0.2, 0.25) is 24.2 Å². The zero-order valence-electron chi connectivity index (χ0n) is 21.2. The summed E-state index contributed by atoms with van der Waals surface area (Å²) in [4.78, 5) is 0. The van der Waals surface area contributed by atoms with Gasteiger partial charge in [0.2, 0.25) is 16.8 Å². The second kappa shape index (κ2) is 15.2. The van der Waals surface area contributed by atoms with Crippen LogP contribution in [-0.2, 0) is 0 Å². The van der Waals surface area contributed by atoms with Crippen LogP contribution in [0.3, 0.4) is 0 Å². The number of nitrogens with zero attached hydrogens (tertiary/aromatic N) is 3. The van der Waals surface area contributed by atoms with Gasteiger partial charge in [0, 0.05) is 0 Å². The van der Waals surface area contributed by atoms with E-state index in [2.05, 4.69) is 75.7 Å². The summed E-state index contributed by atoms with van der Waals surface area (Å²) in [6.07, 6.45) is 6.44. The average molecular weight is 430 g/mol. The van der Waals surface area contributed by atoms with Crippen LogP contribution >= 0.6 is 0 Å². The molecule has 0 fully saturated rings. The monoisotopic (exact) mass is 429 g/mol. The highest BCUT2D eigenvalue weighted by atomic mass is 28.4. The first-order valence-electron chi connectivity index (χ1n) is 12.8. The largest absolute Gasteiger partial charge is 0.321 e. The molecule has 0 bridgehead atoms. The van der Waals surface area contributed by atoms with Crippen LogP contribution in [0.4, 0.5) is 0 Å². The summed E-state index contributed by atoms with van der Waals surface area (Å²) < 4.78 is 9.30. The van der Waals surface area contributed by atoms with Crippen molar-refractivity contribution in [2.45, 2.75) is 119 Å². The normalized spacial score (nSPS) is 13.3. The van der Waals surface area contributed by atoms with E-state index in [9.17, 15) is 0 Å². The molecule has 28 heavy (non-hydrogen) atoms. The van der Waals surface area contributed by atoms with E-state index >= 15 is 0 Å². The highest BCUT2D eigenvalue weighted by molar-refractivity contribution is 6.90. The van der Waals surface area contributed by atoms with E-state index in [0.29, 0.717) is 0 Å². The standard InChI is InChI=1S/C23H55N3Si2/c1-10-19-24(20-11-2)27(15-6,16-7)26(23-14-5)28(17-8,18-9)25(21-12-3)22-13-4/h10-23H2,1-9H3. The van der Waals surface area contributed by atoms with Crippen molar-refractivity contribution in [2.24, 2.45) is 0 Å². The van der Waals surface area contributed by atoms with E-state index < -0.39 is 16.8 Å². The third-order valence-electron chi connectivity index (χ3n) is 6.87. The Hall–Kier alpha value is 0.314. The van der Waals surface area contributed by atoms with Gasteiger partial charge in [0.15, 0.2) is 0 Å². The zero-order chi connectivity index (χ0) is 21.6. The molecule has 0 amide bonds. The lowest BCUT2D eigenvalue weighted by molar-refractivity contribution is 0.326. The van der Waals surface area contributed by atoms with Gasteiger partial charge in [-0.2, -0.15) is 0 Å². The first kappa shape index (κ1) is 28.3. The van der Waals surface area contributed by atoms with Crippen molar-refractivity contribution >= 4 is 16.8 Å². The van der Waals surface area contributed by atoms with E-state index in [1.54, 1.807) is 0 Å². The van der Waals surface area contributed by atoms with E-state index in [-0.39, 0.29) is 0 Å². The average Bonchev–Trinajstić information content (AvgIpc) is 2.71. The van der Waals surface area contributed by atoms with E-state index in [1.807, 2.05) is 0 Å². The van der Waals surface area contributed by atoms with Gasteiger partial charge in [0.1, 0.15) is 0 Å². The van der Waals surface area contributed by atoms with Crippen LogP contribution in [0.15, 0.2) is 0 Å². The maximum absolute atomic E-state index is 3.26. The van der Waals surface area contributed by atoms with Crippen molar-refractivity contribution in [3.8, 4) is 0 Å². The smallest absolute Gasteiger partial charge is 0.200 e. The highest BCUT2D eigenvalue weighted by Gasteiger charge is 2.53. The molecule has 0 spiro atoms. The van der Waals surface area contributed by atoms with Crippen molar-refractivity contribution in [2.75, 3.05) is 32.7 Å². The van der Waals surface area contributed by atoms with Crippen molar-refractivity contribution in [3.63, 3.8) is 0 Å². The van der Waals surface area contributed by atoms with E-state index in [0.717, 1.165) is 0 Å². The first-order valence-corrected chi connectivity index (χ1v) is 17.4. The Morgan fingerprint density at radius 1 is 0.393 bits per heavy atom. The van der Waals surface area contributed by atoms with Gasteiger partial charge in [0.25, 0.3) is 0 Å². The Kier molecular flexibility index (Phi) is 15.3. The van der Waals surface area contributed by atoms with Gasteiger partial charge >= 0.3 is 0 Å². The minimum Gasteiger partial charge on any atom is -0.321 e. The second-order valence-electron chi connectivity index (χ2n) is 8.50. The lowest BCUT2D eigenvalue weighted by Gasteiger charge is -2.59. The summed E-state index contributed by atoms with van der Waals surface area (Å²) in [5.74, 6) is 0. The molecule has 0 aromatic rings. The molecule has 0 saturated heterocycles. The summed E-state index contributed by atoms with van der Waals surface area (Å²) in [6, 6.07) is 5.52. The molecule has 5 heteroatoms. The van der Waals surface area contributed by atoms with Crippen LogP contribution in [0, 0.1) is 0 Å². The van der Waals surface area contributed by atoms with Crippen LogP contribution < -0.4 is 0 Å². The Morgan fingerprint density at radius 3 is 0.821 bits per heavy atom. The van der Waals surface area contributed by atoms with Gasteiger partial charge in [-0.25, -0.2) is 0 Å². The lowest BCUT2D eigenvalue weighted by Crippen LogP contribution is -2.78. The summed E-state index contributed by atoms with van der Waals surface area (Å²) in [5.41, 5.74) is 0. The fraction of sp³-hybridized carbons (Fsp3) is 1.00. The Labute approximate surface area is 181 Å². The molecule has 0 radical (unpaired) electrons. The molecule has 0 N–H and O–H groups in total. The third-order valence-corrected chi connectivity index (χ3v) is 19.6. The van der Waals surface area contributed by atoms with Crippen LogP contribution in [0.1, 0.15) is 94.4 Å². The SMILES string of the molecule is CCCN(CCC)[Si](CC)(CC)N(CCC)[Si](CC)(CC)N(CCC)CCC. The molecule has 0 atom stereocenters. The van der Waals surface area contributed by atoms with Crippen molar-refractivity contribution < 1.29 is 0 Å². The Bertz CT molecular complexity index is 327. The third kappa shape index (κ3) is 6.40. The quantitative estimate of drug-likeness (QED) is 0.219. The van der Waals surface area contributed by atoms with E-state index in [4.69, 9.17) is 0 Å². The molecular formula is C23H55N3Si2. The Balaban J connectivity index is 6.53. The number of hydrogen-bond acceptors (Lipinski definition) is 3. The van der Waals surface area contributed by atoms with Gasteiger partial charge in [-0.15, -0.1) is 0 Å². The van der Waals surface area contributed by atoms with Crippen molar-refractivity contribution in [3.05, 3.63) is 0 Å². The summed E-state index contributed by atoms with van der Waals surface area (Å²) in [5, 5.41) is 0. The molecule has 0 aliphatic heterocycles. The minimum absolute atomic E-state index is 1.29. The van der Waals surface area contributed by atoms with Gasteiger partial charge < -0.3 is 13.4 Å². The second-order valence-corrected chi connectivity index (χ2v) is 18.1. The highest BCUT2D eigenvalue weighted by Crippen LogP contribution is 2.36. The molecule has 0 aliphatic rings. The maximum atomic E-state index is 3.26. The topological polar surface area (TPSA) is 9.72 Å². The molecule has 0 rings (SSSR count). The Morgan fingerprint density at radius 2 is 0.643 bits per heavy atom. The maximum Gasteiger partial charge on any atom is 0.200 e. The van der Waals surface area contributed by atoms with Gasteiger partial charge in [-0.05, 0) is 89.0 Å².